The first kappa shape index (κ1) is 33.0. The summed E-state index contributed by atoms with van der Waals surface area (Å²) in [7, 11) is 0. The summed E-state index contributed by atoms with van der Waals surface area (Å²) < 4.78 is 10.4. The second kappa shape index (κ2) is 15.4. The fourth-order valence-electron chi connectivity index (χ4n) is 5.75. The van der Waals surface area contributed by atoms with Gasteiger partial charge in [-0.05, 0) is 94.3 Å². The Morgan fingerprint density at radius 2 is 0.940 bits per heavy atom. The summed E-state index contributed by atoms with van der Waals surface area (Å²) in [4.78, 5) is 35.6. The van der Waals surface area contributed by atoms with E-state index in [9.17, 15) is 14.4 Å². The lowest BCUT2D eigenvalue weighted by Gasteiger charge is -2.19. The van der Waals surface area contributed by atoms with Crippen LogP contribution in [0.5, 0.6) is 11.5 Å². The van der Waals surface area contributed by atoms with Crippen molar-refractivity contribution in [2.75, 3.05) is 10.6 Å². The molecule has 4 amide bonds. The van der Waals surface area contributed by atoms with E-state index in [4.69, 9.17) is 20.9 Å². The van der Waals surface area contributed by atoms with Crippen LogP contribution in [0.2, 0.25) is 0 Å². The van der Waals surface area contributed by atoms with Crippen molar-refractivity contribution in [1.29, 1.82) is 0 Å². The lowest BCUT2D eigenvalue weighted by atomic mass is 9.87. The third-order valence-electron chi connectivity index (χ3n) is 7.96. The van der Waals surface area contributed by atoms with Crippen molar-refractivity contribution in [3.05, 3.63) is 168 Å². The molecule has 248 valence electrons. The number of rotatable bonds is 10. The Morgan fingerprint density at radius 3 is 1.44 bits per heavy atom. The minimum Gasteiger partial charge on any atom is -0.411 e. The number of benzene rings is 6. The van der Waals surface area contributed by atoms with Crippen molar-refractivity contribution in [3.63, 3.8) is 0 Å². The molecule has 0 fully saturated rings. The number of ether oxygens (including phenoxy) is 2. The van der Waals surface area contributed by atoms with Crippen molar-refractivity contribution >= 4 is 29.6 Å². The van der Waals surface area contributed by atoms with Crippen molar-refractivity contribution in [3.8, 4) is 33.8 Å². The second-order valence-corrected chi connectivity index (χ2v) is 11.5. The van der Waals surface area contributed by atoms with E-state index in [1.54, 1.807) is 18.2 Å². The fraction of sp³-hybridized carbons (Fsp3) is 0.0488. The van der Waals surface area contributed by atoms with E-state index in [1.807, 2.05) is 127 Å². The van der Waals surface area contributed by atoms with Crippen molar-refractivity contribution in [2.24, 2.45) is 11.5 Å². The van der Waals surface area contributed by atoms with Gasteiger partial charge in [-0.2, -0.15) is 0 Å². The van der Waals surface area contributed by atoms with Gasteiger partial charge in [0.2, 0.25) is 0 Å². The van der Waals surface area contributed by atoms with E-state index in [0.717, 1.165) is 44.5 Å². The number of urea groups is 1. The van der Waals surface area contributed by atoms with Crippen LogP contribution >= 0.6 is 0 Å². The quantitative estimate of drug-likeness (QED) is 0.116. The highest BCUT2D eigenvalue weighted by atomic mass is 16.6. The Balaban J connectivity index is 1.13. The Hall–Kier alpha value is -6.87. The molecule has 0 saturated carbocycles. The second-order valence-electron chi connectivity index (χ2n) is 11.5. The molecule has 0 spiro atoms. The summed E-state index contributed by atoms with van der Waals surface area (Å²) in [5, 5.41) is 5.77. The number of amides is 4. The molecule has 0 atom stereocenters. The highest BCUT2D eigenvalue weighted by molar-refractivity contribution is 5.99. The maximum Gasteiger partial charge on any atom is 0.409 e. The van der Waals surface area contributed by atoms with Crippen LogP contribution in [0.15, 0.2) is 146 Å². The highest BCUT2D eigenvalue weighted by Crippen LogP contribution is 2.42. The molecule has 6 N–H and O–H groups in total. The molecule has 9 nitrogen and oxygen atoms in total. The van der Waals surface area contributed by atoms with Crippen molar-refractivity contribution in [1.82, 2.24) is 0 Å². The molecule has 0 aromatic heterocycles. The molecule has 0 unspecified atom stereocenters. The van der Waals surface area contributed by atoms with Gasteiger partial charge in [0.15, 0.2) is 0 Å². The molecule has 0 radical (unpaired) electrons. The van der Waals surface area contributed by atoms with Crippen LogP contribution in [0.4, 0.5) is 25.8 Å². The van der Waals surface area contributed by atoms with Gasteiger partial charge < -0.3 is 31.6 Å². The third-order valence-corrected chi connectivity index (χ3v) is 7.96. The number of anilines is 2. The topological polar surface area (TPSA) is 146 Å². The minimum atomic E-state index is -0.879. The van der Waals surface area contributed by atoms with E-state index in [1.165, 1.54) is 0 Å². The number of nitrogens with one attached hydrogen (secondary N) is 2. The zero-order chi connectivity index (χ0) is 34.9. The standard InChI is InChI=1S/C41H34N4O5/c42-39(46)49-35-22-15-28(16-23-35)25-27-11-18-33(19-12-27)44-41(48)45-34-20-13-29(14-21-34)26-32-17-24-36(50-40(43)47)38(31-9-5-2-6-10-31)37(32)30-7-3-1-4-8-30/h1-24H,25-26H2,(H2,42,46)(H2,43,47)(H2,44,45,48). The van der Waals surface area contributed by atoms with E-state index in [-0.39, 0.29) is 6.03 Å². The zero-order valence-electron chi connectivity index (χ0n) is 27.0. The summed E-state index contributed by atoms with van der Waals surface area (Å²) in [6.07, 6.45) is -0.474. The van der Waals surface area contributed by atoms with Gasteiger partial charge in [0.1, 0.15) is 11.5 Å². The van der Waals surface area contributed by atoms with Gasteiger partial charge in [0.25, 0.3) is 0 Å². The Bertz CT molecular complexity index is 2100. The molecule has 0 heterocycles. The fourth-order valence-corrected chi connectivity index (χ4v) is 5.75. The van der Waals surface area contributed by atoms with Gasteiger partial charge in [-0.25, -0.2) is 14.4 Å². The number of primary amides is 2. The average Bonchev–Trinajstić information content (AvgIpc) is 3.11. The Kier molecular flexibility index (Phi) is 10.1. The average molecular weight is 663 g/mol. The molecule has 0 bridgehead atoms. The first-order chi connectivity index (χ1) is 24.3. The lowest BCUT2D eigenvalue weighted by Crippen LogP contribution is -2.19. The smallest absolute Gasteiger partial charge is 0.409 e. The van der Waals surface area contributed by atoms with Crippen LogP contribution in [0.3, 0.4) is 0 Å². The Morgan fingerprint density at radius 1 is 0.480 bits per heavy atom. The molecule has 50 heavy (non-hydrogen) atoms. The molecule has 0 aliphatic heterocycles. The largest absolute Gasteiger partial charge is 0.411 e. The molecule has 6 rings (SSSR count). The molecular formula is C41H34N4O5. The molecule has 0 aliphatic carbocycles. The van der Waals surface area contributed by atoms with Gasteiger partial charge in [-0.3, -0.25) is 0 Å². The highest BCUT2D eigenvalue weighted by Gasteiger charge is 2.19. The maximum absolute atomic E-state index is 12.8. The molecule has 6 aromatic rings. The third kappa shape index (κ3) is 8.53. The number of carbonyl (C=O) groups is 3. The van der Waals surface area contributed by atoms with Gasteiger partial charge in [-0.15, -0.1) is 0 Å². The molecule has 0 saturated heterocycles. The minimum absolute atomic E-state index is 0.362. The van der Waals surface area contributed by atoms with Crippen LogP contribution in [0, 0.1) is 0 Å². The summed E-state index contributed by atoms with van der Waals surface area (Å²) in [5.74, 6) is 0.773. The lowest BCUT2D eigenvalue weighted by molar-refractivity contribution is 0.210. The zero-order valence-corrected chi connectivity index (χ0v) is 27.0. The van der Waals surface area contributed by atoms with E-state index in [2.05, 4.69) is 10.6 Å². The molecular weight excluding hydrogens is 628 g/mol. The predicted molar refractivity (Wildman–Crippen MR) is 195 cm³/mol. The normalized spacial score (nSPS) is 10.6. The Labute approximate surface area is 289 Å². The van der Waals surface area contributed by atoms with Crippen molar-refractivity contribution < 1.29 is 23.9 Å². The van der Waals surface area contributed by atoms with E-state index < -0.39 is 12.2 Å². The predicted octanol–water partition coefficient (Wildman–Crippen LogP) is 8.76. The van der Waals surface area contributed by atoms with E-state index in [0.29, 0.717) is 35.7 Å². The van der Waals surface area contributed by atoms with Crippen molar-refractivity contribution in [2.45, 2.75) is 12.8 Å². The number of hydrogen-bond acceptors (Lipinski definition) is 5. The van der Waals surface area contributed by atoms with Gasteiger partial charge in [-0.1, -0.05) is 103 Å². The first-order valence-corrected chi connectivity index (χ1v) is 15.9. The van der Waals surface area contributed by atoms with E-state index >= 15 is 0 Å². The number of carbonyl (C=O) groups excluding carboxylic acids is 3. The van der Waals surface area contributed by atoms with Gasteiger partial charge in [0.05, 0.1) is 0 Å². The number of nitrogens with two attached hydrogens (primary N) is 2. The van der Waals surface area contributed by atoms with Crippen LogP contribution in [-0.2, 0) is 12.8 Å². The maximum atomic E-state index is 12.8. The SMILES string of the molecule is NC(=O)Oc1ccc(Cc2ccc(NC(=O)Nc3ccc(Cc4ccc(OC(N)=O)c(-c5ccccc5)c4-c4ccccc4)cc3)cc2)cc1. The summed E-state index contributed by atoms with van der Waals surface area (Å²) in [6.45, 7) is 0. The van der Waals surface area contributed by atoms with Crippen LogP contribution in [0.25, 0.3) is 22.3 Å². The summed E-state index contributed by atoms with van der Waals surface area (Å²) in [5.41, 5.74) is 19.5. The van der Waals surface area contributed by atoms with Gasteiger partial charge in [0, 0.05) is 16.9 Å². The summed E-state index contributed by atoms with van der Waals surface area (Å²) >= 11 is 0. The first-order valence-electron chi connectivity index (χ1n) is 15.9. The van der Waals surface area contributed by atoms with Crippen LogP contribution < -0.4 is 31.6 Å². The monoisotopic (exact) mass is 662 g/mol. The van der Waals surface area contributed by atoms with Crippen LogP contribution in [0.1, 0.15) is 22.3 Å². The van der Waals surface area contributed by atoms with Crippen LogP contribution in [-0.4, -0.2) is 18.2 Å². The van der Waals surface area contributed by atoms with Gasteiger partial charge >= 0.3 is 18.2 Å². The molecule has 9 heteroatoms. The summed E-state index contributed by atoms with van der Waals surface area (Å²) in [6, 6.07) is 45.5. The molecule has 6 aromatic carbocycles. The molecule has 0 aliphatic rings. The number of hydrogen-bond donors (Lipinski definition) is 4.